The van der Waals surface area contributed by atoms with Crippen LogP contribution in [0.3, 0.4) is 0 Å². The summed E-state index contributed by atoms with van der Waals surface area (Å²) in [6.07, 6.45) is 1.16. The predicted molar refractivity (Wildman–Crippen MR) is 130 cm³/mol. The van der Waals surface area contributed by atoms with Gasteiger partial charge in [0.1, 0.15) is 0 Å². The molecule has 1 atom stereocenters. The number of benzene rings is 3. The molecule has 2 amide bonds. The third kappa shape index (κ3) is 4.45. The van der Waals surface area contributed by atoms with Gasteiger partial charge in [-0.25, -0.2) is 25.9 Å². The topological polar surface area (TPSA) is 91.8 Å². The highest BCUT2D eigenvalue weighted by Crippen LogP contribution is 2.36. The Kier molecular flexibility index (Phi) is 6.26. The fourth-order valence-electron chi connectivity index (χ4n) is 4.18. The largest absolute Gasteiger partial charge is 0.334 e. The number of hydrogen-bond acceptors (Lipinski definition) is 5. The quantitative estimate of drug-likeness (QED) is 0.504. The second-order valence-corrected chi connectivity index (χ2v) is 12.5. The number of amides is 2. The van der Waals surface area contributed by atoms with Gasteiger partial charge in [0.2, 0.25) is 0 Å². The smallest absolute Gasteiger partial charge is 0.312 e. The summed E-state index contributed by atoms with van der Waals surface area (Å²) in [5.41, 5.74) is 2.28. The zero-order valence-corrected chi connectivity index (χ0v) is 20.8. The van der Waals surface area contributed by atoms with Gasteiger partial charge in [-0.2, -0.15) is 0 Å². The third-order valence-electron chi connectivity index (χ3n) is 5.86. The monoisotopic (exact) mass is 498 g/mol. The first kappa shape index (κ1) is 24.0. The summed E-state index contributed by atoms with van der Waals surface area (Å²) in [6, 6.07) is 20.7. The first-order valence-corrected chi connectivity index (χ1v) is 14.1. The Morgan fingerprint density at radius 2 is 1.38 bits per heavy atom. The Bertz CT molecular complexity index is 1430. The van der Waals surface area contributed by atoms with Crippen LogP contribution in [0.1, 0.15) is 25.5 Å². The summed E-state index contributed by atoms with van der Waals surface area (Å²) in [4.78, 5) is 15.1. The van der Waals surface area contributed by atoms with Gasteiger partial charge in [0.05, 0.1) is 22.4 Å². The molecule has 4 rings (SSSR count). The highest BCUT2D eigenvalue weighted by atomic mass is 32.2. The van der Waals surface area contributed by atoms with Crippen LogP contribution in [0.25, 0.3) is 11.1 Å². The van der Waals surface area contributed by atoms with E-state index in [4.69, 9.17) is 0 Å². The lowest BCUT2D eigenvalue weighted by Crippen LogP contribution is -2.39. The lowest BCUT2D eigenvalue weighted by Gasteiger charge is -2.27. The minimum Gasteiger partial charge on any atom is -0.312 e. The van der Waals surface area contributed by atoms with E-state index in [1.165, 1.54) is 12.1 Å². The molecule has 1 heterocycles. The number of rotatable bonds is 6. The first-order chi connectivity index (χ1) is 16.0. The van der Waals surface area contributed by atoms with Gasteiger partial charge < -0.3 is 4.90 Å². The van der Waals surface area contributed by atoms with Gasteiger partial charge in [-0.15, -0.1) is 0 Å². The van der Waals surface area contributed by atoms with Crippen molar-refractivity contribution in [3.8, 4) is 11.1 Å². The SMILES string of the molecule is CC(C)N1C(=O)N(S(=O)(=O)c2ccccc2)CC1c1cccc(-c2cccc(S(C)(=O)=O)c2)c1. The van der Waals surface area contributed by atoms with Gasteiger partial charge in [-0.3, -0.25) is 0 Å². The van der Waals surface area contributed by atoms with E-state index in [0.717, 1.165) is 27.3 Å². The van der Waals surface area contributed by atoms with E-state index in [1.807, 2.05) is 44.2 Å². The summed E-state index contributed by atoms with van der Waals surface area (Å²) < 4.78 is 51.4. The molecule has 178 valence electrons. The second kappa shape index (κ2) is 8.88. The molecule has 0 saturated carbocycles. The number of carbonyl (C=O) groups is 1. The Morgan fingerprint density at radius 1 is 0.794 bits per heavy atom. The Morgan fingerprint density at radius 3 is 2.00 bits per heavy atom. The van der Waals surface area contributed by atoms with Crippen LogP contribution in [0, 0.1) is 0 Å². The van der Waals surface area contributed by atoms with Crippen molar-refractivity contribution >= 4 is 25.9 Å². The summed E-state index contributed by atoms with van der Waals surface area (Å²) in [5.74, 6) is 0. The van der Waals surface area contributed by atoms with Crippen molar-refractivity contribution in [3.05, 3.63) is 84.4 Å². The lowest BCUT2D eigenvalue weighted by molar-refractivity contribution is 0.181. The highest BCUT2D eigenvalue weighted by molar-refractivity contribution is 7.90. The zero-order chi connectivity index (χ0) is 24.7. The van der Waals surface area contributed by atoms with Crippen molar-refractivity contribution in [1.29, 1.82) is 0 Å². The van der Waals surface area contributed by atoms with E-state index in [-0.39, 0.29) is 22.4 Å². The van der Waals surface area contributed by atoms with Crippen LogP contribution in [0.2, 0.25) is 0 Å². The number of sulfonamides is 1. The fraction of sp³-hybridized carbons (Fsp3) is 0.240. The summed E-state index contributed by atoms with van der Waals surface area (Å²) >= 11 is 0. The van der Waals surface area contributed by atoms with Gasteiger partial charge in [-0.05, 0) is 60.9 Å². The maximum atomic E-state index is 13.3. The number of hydrogen-bond donors (Lipinski definition) is 0. The fourth-order valence-corrected chi connectivity index (χ4v) is 6.24. The van der Waals surface area contributed by atoms with Crippen LogP contribution in [0.5, 0.6) is 0 Å². The molecule has 3 aromatic carbocycles. The summed E-state index contributed by atoms with van der Waals surface area (Å²) in [5, 5.41) is 0. The average Bonchev–Trinajstić information content (AvgIpc) is 3.17. The van der Waals surface area contributed by atoms with Crippen molar-refractivity contribution in [1.82, 2.24) is 9.21 Å². The molecule has 34 heavy (non-hydrogen) atoms. The Labute approximate surface area is 200 Å². The molecule has 9 heteroatoms. The predicted octanol–water partition coefficient (Wildman–Crippen LogP) is 4.33. The van der Waals surface area contributed by atoms with E-state index in [1.54, 1.807) is 41.3 Å². The van der Waals surface area contributed by atoms with Crippen LogP contribution in [-0.2, 0) is 19.9 Å². The highest BCUT2D eigenvalue weighted by Gasteiger charge is 2.45. The molecular formula is C25H26N2O5S2. The molecule has 1 aliphatic heterocycles. The molecule has 0 N–H and O–H groups in total. The van der Waals surface area contributed by atoms with Gasteiger partial charge in [0.25, 0.3) is 10.0 Å². The van der Waals surface area contributed by atoms with E-state index in [0.29, 0.717) is 0 Å². The molecule has 0 bridgehead atoms. The lowest BCUT2D eigenvalue weighted by atomic mass is 9.99. The molecule has 0 aromatic heterocycles. The van der Waals surface area contributed by atoms with Crippen LogP contribution < -0.4 is 0 Å². The summed E-state index contributed by atoms with van der Waals surface area (Å²) in [6.45, 7) is 3.69. The van der Waals surface area contributed by atoms with Gasteiger partial charge in [0, 0.05) is 12.3 Å². The molecule has 1 saturated heterocycles. The zero-order valence-electron chi connectivity index (χ0n) is 19.1. The van der Waals surface area contributed by atoms with Crippen LogP contribution in [0.4, 0.5) is 4.79 Å². The number of nitrogens with zero attached hydrogens (tertiary/aromatic N) is 2. The number of carbonyl (C=O) groups excluding carboxylic acids is 1. The standard InChI is InChI=1S/C25H26N2O5S2/c1-18(2)27-24(17-26(25(27)28)34(31,32)22-12-5-4-6-13-22)21-11-7-9-19(15-21)20-10-8-14-23(16-20)33(3,29)30/h4-16,18,24H,17H2,1-3H3. The molecule has 0 aliphatic carbocycles. The minimum absolute atomic E-state index is 0.0128. The van der Waals surface area contributed by atoms with E-state index in [9.17, 15) is 21.6 Å². The molecular weight excluding hydrogens is 472 g/mol. The normalized spacial score (nSPS) is 16.9. The molecule has 7 nitrogen and oxygen atoms in total. The Balaban J connectivity index is 1.74. The maximum absolute atomic E-state index is 13.3. The van der Waals surface area contributed by atoms with E-state index < -0.39 is 31.9 Å². The molecule has 3 aromatic rings. The molecule has 1 unspecified atom stereocenters. The number of sulfone groups is 1. The van der Waals surface area contributed by atoms with Gasteiger partial charge in [-0.1, -0.05) is 48.5 Å². The average molecular weight is 499 g/mol. The number of urea groups is 1. The van der Waals surface area contributed by atoms with Crippen molar-refractivity contribution in [2.75, 3.05) is 12.8 Å². The molecule has 1 fully saturated rings. The van der Waals surface area contributed by atoms with Crippen LogP contribution >= 0.6 is 0 Å². The first-order valence-electron chi connectivity index (χ1n) is 10.8. The van der Waals surface area contributed by atoms with E-state index >= 15 is 0 Å². The maximum Gasteiger partial charge on any atom is 0.334 e. The molecule has 0 spiro atoms. The molecule has 1 aliphatic rings. The summed E-state index contributed by atoms with van der Waals surface area (Å²) in [7, 11) is -7.37. The van der Waals surface area contributed by atoms with E-state index in [2.05, 4.69) is 0 Å². The van der Waals surface area contributed by atoms with Gasteiger partial charge in [0.15, 0.2) is 9.84 Å². The minimum atomic E-state index is -4.00. The third-order valence-corrected chi connectivity index (χ3v) is 8.73. The second-order valence-electron chi connectivity index (χ2n) is 8.57. The van der Waals surface area contributed by atoms with Gasteiger partial charge >= 0.3 is 6.03 Å². The van der Waals surface area contributed by atoms with Crippen molar-refractivity contribution in [2.24, 2.45) is 0 Å². The van der Waals surface area contributed by atoms with Crippen molar-refractivity contribution < 1.29 is 21.6 Å². The van der Waals surface area contributed by atoms with Crippen LogP contribution in [-0.4, -0.2) is 50.9 Å². The van der Waals surface area contributed by atoms with Crippen LogP contribution in [0.15, 0.2) is 88.7 Å². The van der Waals surface area contributed by atoms with Crippen molar-refractivity contribution in [2.45, 2.75) is 35.7 Å². The Hall–Kier alpha value is -3.17. The molecule has 0 radical (unpaired) electrons. The van der Waals surface area contributed by atoms with Crippen molar-refractivity contribution in [3.63, 3.8) is 0 Å².